The van der Waals surface area contributed by atoms with Crippen LogP contribution in [0, 0.1) is 11.6 Å². The van der Waals surface area contributed by atoms with E-state index in [0.717, 1.165) is 0 Å². The second-order valence-electron chi connectivity index (χ2n) is 3.49. The van der Waals surface area contributed by atoms with Crippen molar-refractivity contribution in [1.82, 2.24) is 0 Å². The summed E-state index contributed by atoms with van der Waals surface area (Å²) in [6.45, 7) is -1.33. The molecular weight excluding hydrogens is 244 g/mol. The summed E-state index contributed by atoms with van der Waals surface area (Å²) in [5.74, 6) is -0.856. The first-order valence-electron chi connectivity index (χ1n) is 5.27. The molecule has 0 bridgehead atoms. The molecule has 0 radical (unpaired) electrons. The summed E-state index contributed by atoms with van der Waals surface area (Å²) in [7, 11) is 0. The number of alkyl halides is 2. The summed E-state index contributed by atoms with van der Waals surface area (Å²) in [4.78, 5) is 0. The smallest absolute Gasteiger partial charge is 0.129 e. The van der Waals surface area contributed by atoms with Crippen molar-refractivity contribution in [3.05, 3.63) is 71.3 Å². The number of hydrogen-bond donors (Lipinski definition) is 0. The first kappa shape index (κ1) is 14.2. The Morgan fingerprint density at radius 2 is 1.50 bits per heavy atom. The molecule has 0 aliphatic rings. The van der Waals surface area contributed by atoms with Gasteiger partial charge in [0.05, 0.1) is 0 Å². The third-order valence-electron chi connectivity index (χ3n) is 2.15. The van der Waals surface area contributed by atoms with Crippen LogP contribution in [0.4, 0.5) is 17.6 Å². The van der Waals surface area contributed by atoms with Crippen LogP contribution in [0.5, 0.6) is 0 Å². The highest BCUT2D eigenvalue weighted by Crippen LogP contribution is 2.06. The van der Waals surface area contributed by atoms with Crippen molar-refractivity contribution in [3.8, 4) is 0 Å². The molecule has 0 aliphatic carbocycles. The predicted molar refractivity (Wildman–Crippen MR) is 62.4 cm³/mol. The Morgan fingerprint density at radius 1 is 0.778 bits per heavy atom. The van der Waals surface area contributed by atoms with Crippen molar-refractivity contribution < 1.29 is 17.6 Å². The first-order chi connectivity index (χ1) is 8.67. The monoisotopic (exact) mass is 256 g/mol. The highest BCUT2D eigenvalue weighted by molar-refractivity contribution is 5.16. The van der Waals surface area contributed by atoms with E-state index < -0.39 is 19.2 Å². The van der Waals surface area contributed by atoms with E-state index in [1.807, 2.05) is 0 Å². The Kier molecular flexibility index (Phi) is 5.91. The predicted octanol–water partition coefficient (Wildman–Crippen LogP) is 4.59. The van der Waals surface area contributed by atoms with Gasteiger partial charge in [0, 0.05) is 5.56 Å². The fourth-order valence-electron chi connectivity index (χ4n) is 1.23. The topological polar surface area (TPSA) is 0 Å². The van der Waals surface area contributed by atoms with Crippen LogP contribution in [0.2, 0.25) is 0 Å². The van der Waals surface area contributed by atoms with Crippen LogP contribution in [0.25, 0.3) is 0 Å². The Bertz CT molecular complexity index is 483. The fourth-order valence-corrected chi connectivity index (χ4v) is 1.23. The van der Waals surface area contributed by atoms with E-state index in [9.17, 15) is 17.6 Å². The van der Waals surface area contributed by atoms with Crippen LogP contribution in [-0.4, -0.2) is 0 Å². The summed E-state index contributed by atoms with van der Waals surface area (Å²) >= 11 is 0. The number of benzene rings is 2. The van der Waals surface area contributed by atoms with Crippen LogP contribution in [0.1, 0.15) is 11.1 Å². The minimum absolute atomic E-state index is 0.123. The Morgan fingerprint density at radius 3 is 1.94 bits per heavy atom. The van der Waals surface area contributed by atoms with Crippen molar-refractivity contribution in [1.29, 1.82) is 0 Å². The maximum Gasteiger partial charge on any atom is 0.129 e. The molecule has 0 fully saturated rings. The largest absolute Gasteiger partial charge is 0.246 e. The number of rotatable bonds is 2. The quantitative estimate of drug-likeness (QED) is 0.689. The van der Waals surface area contributed by atoms with Gasteiger partial charge in [-0.2, -0.15) is 0 Å². The molecule has 0 saturated heterocycles. The zero-order valence-corrected chi connectivity index (χ0v) is 9.54. The van der Waals surface area contributed by atoms with Gasteiger partial charge in [0.15, 0.2) is 0 Å². The lowest BCUT2D eigenvalue weighted by Gasteiger charge is -1.92. The minimum atomic E-state index is -0.729. The molecule has 96 valence electrons. The lowest BCUT2D eigenvalue weighted by atomic mass is 10.2. The molecule has 4 heteroatoms. The Hall–Kier alpha value is -1.84. The zero-order chi connectivity index (χ0) is 13.4. The summed E-state index contributed by atoms with van der Waals surface area (Å²) in [5, 5.41) is 0. The van der Waals surface area contributed by atoms with E-state index in [1.165, 1.54) is 36.4 Å². The lowest BCUT2D eigenvalue weighted by molar-refractivity contribution is 0.464. The summed E-state index contributed by atoms with van der Waals surface area (Å²) in [6.07, 6.45) is 0. The SMILES string of the molecule is FCc1cccc(F)c1.FCc1ccccc1F. The average molecular weight is 256 g/mol. The van der Waals surface area contributed by atoms with Gasteiger partial charge in [-0.15, -0.1) is 0 Å². The van der Waals surface area contributed by atoms with Crippen molar-refractivity contribution in [2.24, 2.45) is 0 Å². The number of halogens is 4. The van der Waals surface area contributed by atoms with Gasteiger partial charge in [0.25, 0.3) is 0 Å². The van der Waals surface area contributed by atoms with E-state index in [0.29, 0.717) is 5.56 Å². The van der Waals surface area contributed by atoms with Gasteiger partial charge in [-0.05, 0) is 23.8 Å². The molecule has 2 aromatic rings. The second-order valence-corrected chi connectivity index (χ2v) is 3.49. The number of hydrogen-bond acceptors (Lipinski definition) is 0. The normalized spacial score (nSPS) is 9.56. The third-order valence-corrected chi connectivity index (χ3v) is 2.15. The van der Waals surface area contributed by atoms with Gasteiger partial charge in [-0.1, -0.05) is 30.3 Å². The molecule has 0 spiro atoms. The Labute approximate surface area is 103 Å². The van der Waals surface area contributed by atoms with Gasteiger partial charge in [0.2, 0.25) is 0 Å². The Balaban J connectivity index is 0.000000180. The molecule has 0 heterocycles. The summed E-state index contributed by atoms with van der Waals surface area (Å²) in [5.41, 5.74) is 0.507. The van der Waals surface area contributed by atoms with Gasteiger partial charge < -0.3 is 0 Å². The molecule has 0 atom stereocenters. The van der Waals surface area contributed by atoms with Crippen LogP contribution >= 0.6 is 0 Å². The third kappa shape index (κ3) is 4.57. The fraction of sp³-hybridized carbons (Fsp3) is 0.143. The summed E-state index contributed by atoms with van der Waals surface area (Å²) in [6, 6.07) is 11.3. The standard InChI is InChI=1S/2C7H6F2/c8-5-6-2-1-3-7(9)4-6;8-5-6-3-1-2-4-7(6)9/h2*1-4H,5H2. The van der Waals surface area contributed by atoms with Gasteiger partial charge >= 0.3 is 0 Å². The lowest BCUT2D eigenvalue weighted by Crippen LogP contribution is -1.82. The molecule has 0 saturated carbocycles. The molecule has 0 unspecified atom stereocenters. The van der Waals surface area contributed by atoms with Crippen LogP contribution < -0.4 is 0 Å². The van der Waals surface area contributed by atoms with Crippen molar-refractivity contribution in [3.63, 3.8) is 0 Å². The second kappa shape index (κ2) is 7.48. The van der Waals surface area contributed by atoms with Crippen LogP contribution in [0.3, 0.4) is 0 Å². The maximum atomic E-state index is 12.3. The van der Waals surface area contributed by atoms with E-state index >= 15 is 0 Å². The maximum absolute atomic E-state index is 12.3. The minimum Gasteiger partial charge on any atom is -0.246 e. The van der Waals surface area contributed by atoms with Gasteiger partial charge in [0.1, 0.15) is 25.0 Å². The van der Waals surface area contributed by atoms with Crippen LogP contribution in [-0.2, 0) is 13.3 Å². The first-order valence-corrected chi connectivity index (χ1v) is 5.27. The van der Waals surface area contributed by atoms with Crippen molar-refractivity contribution in [2.45, 2.75) is 13.3 Å². The van der Waals surface area contributed by atoms with E-state index in [1.54, 1.807) is 12.1 Å². The molecular formula is C14H12F4. The molecule has 2 rings (SSSR count). The van der Waals surface area contributed by atoms with Crippen molar-refractivity contribution in [2.75, 3.05) is 0 Å². The molecule has 0 N–H and O–H groups in total. The molecule has 2 aromatic carbocycles. The van der Waals surface area contributed by atoms with Crippen LogP contribution in [0.15, 0.2) is 48.5 Å². The highest BCUT2D eigenvalue weighted by Gasteiger charge is 1.96. The van der Waals surface area contributed by atoms with Gasteiger partial charge in [-0.3, -0.25) is 0 Å². The zero-order valence-electron chi connectivity index (χ0n) is 9.54. The molecule has 0 aliphatic heterocycles. The van der Waals surface area contributed by atoms with E-state index in [4.69, 9.17) is 0 Å². The average Bonchev–Trinajstić information content (AvgIpc) is 2.40. The highest BCUT2D eigenvalue weighted by atomic mass is 19.1. The molecule has 0 amide bonds. The van der Waals surface area contributed by atoms with Gasteiger partial charge in [-0.25, -0.2) is 17.6 Å². The van der Waals surface area contributed by atoms with E-state index in [-0.39, 0.29) is 11.4 Å². The molecule has 18 heavy (non-hydrogen) atoms. The van der Waals surface area contributed by atoms with E-state index in [2.05, 4.69) is 0 Å². The van der Waals surface area contributed by atoms with Crippen molar-refractivity contribution >= 4 is 0 Å². The molecule has 0 aromatic heterocycles. The molecule has 0 nitrogen and oxygen atoms in total. The summed E-state index contributed by atoms with van der Waals surface area (Å²) < 4.78 is 48.0.